The Labute approximate surface area is 192 Å². The number of carbonyl (C=O) groups excluding carboxylic acids is 2. The number of ether oxygens (including phenoxy) is 1. The lowest BCUT2D eigenvalue weighted by atomic mass is 9.75. The summed E-state index contributed by atoms with van der Waals surface area (Å²) in [6.07, 6.45) is 2.29. The molecule has 2 N–H and O–H groups in total. The predicted octanol–water partition coefficient (Wildman–Crippen LogP) is 5.58. The molecule has 0 aromatic carbocycles. The molecule has 0 fully saturated rings. The van der Waals surface area contributed by atoms with Gasteiger partial charge in [-0.3, -0.25) is 9.59 Å². The summed E-state index contributed by atoms with van der Waals surface area (Å²) in [7, 11) is 0. The van der Waals surface area contributed by atoms with Gasteiger partial charge in [0.05, 0.1) is 13.2 Å². The van der Waals surface area contributed by atoms with Crippen LogP contribution in [0, 0.1) is 27.1 Å². The van der Waals surface area contributed by atoms with E-state index >= 15 is 0 Å². The van der Waals surface area contributed by atoms with Gasteiger partial charge in [-0.05, 0) is 29.1 Å². The molecular formula is C26H52N2O3. The SMILES string of the molecule is CCC(C)(C)CNC(=O)CC(C)(C)COCC(C)(C)CNC(=O)C(C)(C)CC(C)(C)C. The average molecular weight is 441 g/mol. The molecule has 5 nitrogen and oxygen atoms in total. The lowest BCUT2D eigenvalue weighted by molar-refractivity contribution is -0.131. The van der Waals surface area contributed by atoms with Crippen molar-refractivity contribution >= 4 is 11.8 Å². The van der Waals surface area contributed by atoms with Crippen molar-refractivity contribution in [3.8, 4) is 0 Å². The molecule has 0 unspecified atom stereocenters. The monoisotopic (exact) mass is 440 g/mol. The molecule has 0 spiro atoms. The fourth-order valence-corrected chi connectivity index (χ4v) is 3.63. The van der Waals surface area contributed by atoms with Gasteiger partial charge in [0.25, 0.3) is 0 Å². The first-order chi connectivity index (χ1) is 13.7. The van der Waals surface area contributed by atoms with Gasteiger partial charge >= 0.3 is 0 Å². The Hall–Kier alpha value is -1.10. The highest BCUT2D eigenvalue weighted by Crippen LogP contribution is 2.33. The summed E-state index contributed by atoms with van der Waals surface area (Å²) in [6.45, 7) is 27.5. The van der Waals surface area contributed by atoms with E-state index in [4.69, 9.17) is 4.74 Å². The van der Waals surface area contributed by atoms with E-state index in [2.05, 4.69) is 79.9 Å². The van der Waals surface area contributed by atoms with Crippen molar-refractivity contribution < 1.29 is 14.3 Å². The van der Waals surface area contributed by atoms with E-state index in [1.54, 1.807) is 0 Å². The zero-order valence-electron chi connectivity index (χ0n) is 22.7. The number of amides is 2. The van der Waals surface area contributed by atoms with Gasteiger partial charge in [-0.25, -0.2) is 0 Å². The average Bonchev–Trinajstić information content (AvgIpc) is 2.55. The van der Waals surface area contributed by atoms with E-state index in [1.165, 1.54) is 0 Å². The molecule has 2 amide bonds. The fraction of sp³-hybridized carbons (Fsp3) is 0.923. The van der Waals surface area contributed by atoms with Crippen LogP contribution in [0.2, 0.25) is 0 Å². The maximum absolute atomic E-state index is 12.7. The largest absolute Gasteiger partial charge is 0.380 e. The number of hydrogen-bond donors (Lipinski definition) is 2. The lowest BCUT2D eigenvalue weighted by Crippen LogP contribution is -2.44. The highest BCUT2D eigenvalue weighted by molar-refractivity contribution is 5.81. The van der Waals surface area contributed by atoms with Crippen LogP contribution in [0.4, 0.5) is 0 Å². The van der Waals surface area contributed by atoms with Crippen LogP contribution in [0.1, 0.15) is 102 Å². The molecule has 0 atom stereocenters. The van der Waals surface area contributed by atoms with E-state index in [-0.39, 0.29) is 33.5 Å². The first-order valence-electron chi connectivity index (χ1n) is 11.8. The highest BCUT2D eigenvalue weighted by atomic mass is 16.5. The molecule has 31 heavy (non-hydrogen) atoms. The van der Waals surface area contributed by atoms with Crippen molar-refractivity contribution in [2.45, 2.75) is 102 Å². The molecule has 0 saturated heterocycles. The Morgan fingerprint density at radius 3 is 1.68 bits per heavy atom. The van der Waals surface area contributed by atoms with Crippen molar-refractivity contribution in [2.24, 2.45) is 27.1 Å². The Morgan fingerprint density at radius 1 is 0.710 bits per heavy atom. The quantitative estimate of drug-likeness (QED) is 0.393. The summed E-state index contributed by atoms with van der Waals surface area (Å²) >= 11 is 0. The first kappa shape index (κ1) is 29.9. The van der Waals surface area contributed by atoms with E-state index in [9.17, 15) is 9.59 Å². The minimum Gasteiger partial charge on any atom is -0.380 e. The zero-order valence-corrected chi connectivity index (χ0v) is 22.7. The maximum Gasteiger partial charge on any atom is 0.225 e. The second kappa shape index (κ2) is 11.2. The number of rotatable bonds is 13. The fourth-order valence-electron chi connectivity index (χ4n) is 3.63. The van der Waals surface area contributed by atoms with Gasteiger partial charge in [0, 0.05) is 30.3 Å². The van der Waals surface area contributed by atoms with Gasteiger partial charge in [0.15, 0.2) is 0 Å². The van der Waals surface area contributed by atoms with Gasteiger partial charge < -0.3 is 15.4 Å². The highest BCUT2D eigenvalue weighted by Gasteiger charge is 2.33. The standard InChI is InChI=1S/C26H52N2O3/c1-13-23(5,6)16-27-20(29)14-24(7,8)18-31-19-25(9,10)17-28-21(30)26(11,12)15-22(2,3)4/h13-19H2,1-12H3,(H,27,29)(H,28,30). The molecular weight excluding hydrogens is 388 g/mol. The van der Waals surface area contributed by atoms with E-state index in [1.807, 2.05) is 13.8 Å². The molecule has 0 aliphatic heterocycles. The Morgan fingerprint density at radius 2 is 1.19 bits per heavy atom. The minimum atomic E-state index is -0.406. The summed E-state index contributed by atoms with van der Waals surface area (Å²) in [5, 5.41) is 6.18. The first-order valence-corrected chi connectivity index (χ1v) is 11.8. The smallest absolute Gasteiger partial charge is 0.225 e. The van der Waals surface area contributed by atoms with Crippen LogP contribution < -0.4 is 10.6 Å². The molecule has 0 saturated carbocycles. The molecule has 0 bridgehead atoms. The maximum atomic E-state index is 12.7. The normalized spacial score (nSPS) is 13.8. The van der Waals surface area contributed by atoms with Crippen LogP contribution in [0.5, 0.6) is 0 Å². The van der Waals surface area contributed by atoms with Crippen molar-refractivity contribution in [2.75, 3.05) is 26.3 Å². The molecule has 0 radical (unpaired) electrons. The Kier molecular flexibility index (Phi) is 10.8. The molecule has 0 aliphatic rings. The summed E-state index contributed by atoms with van der Waals surface area (Å²) < 4.78 is 6.00. The van der Waals surface area contributed by atoms with Crippen molar-refractivity contribution in [3.05, 3.63) is 0 Å². The van der Waals surface area contributed by atoms with Crippen molar-refractivity contribution in [1.29, 1.82) is 0 Å². The summed E-state index contributed by atoms with van der Waals surface area (Å²) in [6, 6.07) is 0. The number of nitrogens with one attached hydrogen (secondary N) is 2. The Balaban J connectivity index is 4.49. The molecule has 5 heteroatoms. The van der Waals surface area contributed by atoms with Gasteiger partial charge in [-0.15, -0.1) is 0 Å². The predicted molar refractivity (Wildman–Crippen MR) is 131 cm³/mol. The summed E-state index contributed by atoms with van der Waals surface area (Å²) in [4.78, 5) is 25.0. The lowest BCUT2D eigenvalue weighted by Gasteiger charge is -2.33. The van der Waals surface area contributed by atoms with Gasteiger partial charge in [0.2, 0.25) is 11.8 Å². The van der Waals surface area contributed by atoms with Crippen LogP contribution in [0.3, 0.4) is 0 Å². The van der Waals surface area contributed by atoms with Gasteiger partial charge in [0.1, 0.15) is 0 Å². The van der Waals surface area contributed by atoms with Crippen LogP contribution in [0.15, 0.2) is 0 Å². The third kappa shape index (κ3) is 13.8. The van der Waals surface area contributed by atoms with E-state index < -0.39 is 5.41 Å². The van der Waals surface area contributed by atoms with Crippen LogP contribution >= 0.6 is 0 Å². The molecule has 0 rings (SSSR count). The third-order valence-corrected chi connectivity index (χ3v) is 5.66. The summed E-state index contributed by atoms with van der Waals surface area (Å²) in [5.74, 6) is 0.158. The minimum absolute atomic E-state index is 0.0720. The van der Waals surface area contributed by atoms with E-state index in [0.717, 1.165) is 12.8 Å². The van der Waals surface area contributed by atoms with Crippen LogP contribution in [-0.2, 0) is 14.3 Å². The molecule has 0 heterocycles. The zero-order chi connectivity index (χ0) is 24.7. The number of hydrogen-bond acceptors (Lipinski definition) is 3. The van der Waals surface area contributed by atoms with Gasteiger partial charge in [-0.1, -0.05) is 83.1 Å². The van der Waals surface area contributed by atoms with Crippen LogP contribution in [0.25, 0.3) is 0 Å². The second-order valence-electron chi connectivity index (χ2n) is 13.6. The Bertz CT molecular complexity index is 584. The third-order valence-electron chi connectivity index (χ3n) is 5.66. The second-order valence-corrected chi connectivity index (χ2v) is 13.6. The van der Waals surface area contributed by atoms with Crippen LogP contribution in [-0.4, -0.2) is 38.1 Å². The molecule has 0 aromatic rings. The summed E-state index contributed by atoms with van der Waals surface area (Å²) in [5.41, 5.74) is -0.613. The van der Waals surface area contributed by atoms with E-state index in [0.29, 0.717) is 32.7 Å². The molecule has 184 valence electrons. The molecule has 0 aliphatic carbocycles. The van der Waals surface area contributed by atoms with Gasteiger partial charge in [-0.2, -0.15) is 0 Å². The topological polar surface area (TPSA) is 67.4 Å². The van der Waals surface area contributed by atoms with Crippen molar-refractivity contribution in [3.63, 3.8) is 0 Å². The van der Waals surface area contributed by atoms with Crippen molar-refractivity contribution in [1.82, 2.24) is 10.6 Å². The number of carbonyl (C=O) groups is 2. The molecule has 0 aromatic heterocycles.